The van der Waals surface area contributed by atoms with Crippen molar-refractivity contribution in [1.82, 2.24) is 0 Å². The lowest BCUT2D eigenvalue weighted by molar-refractivity contribution is 0.100. The van der Waals surface area contributed by atoms with E-state index >= 15 is 0 Å². The first-order chi connectivity index (χ1) is 8.54. The summed E-state index contributed by atoms with van der Waals surface area (Å²) in [4.78, 5) is 11.1. The van der Waals surface area contributed by atoms with Crippen LogP contribution in [0, 0.1) is 11.8 Å². The quantitative estimate of drug-likeness (QED) is 0.861. The first-order valence-corrected chi connectivity index (χ1v) is 6.71. The normalized spacial score (nSPS) is 27.8. The van der Waals surface area contributed by atoms with Gasteiger partial charge < -0.3 is 11.1 Å². The highest BCUT2D eigenvalue weighted by molar-refractivity contribution is 5.93. The van der Waals surface area contributed by atoms with Crippen molar-refractivity contribution in [3.63, 3.8) is 0 Å². The number of rotatable bonds is 3. The molecule has 18 heavy (non-hydrogen) atoms. The molecule has 98 valence electrons. The van der Waals surface area contributed by atoms with Gasteiger partial charge in [-0.2, -0.15) is 0 Å². The highest BCUT2D eigenvalue weighted by Gasteiger charge is 2.23. The van der Waals surface area contributed by atoms with Crippen molar-refractivity contribution in [2.45, 2.75) is 39.2 Å². The molecule has 0 bridgehead atoms. The summed E-state index contributed by atoms with van der Waals surface area (Å²) in [7, 11) is 0. The summed E-state index contributed by atoms with van der Waals surface area (Å²) >= 11 is 0. The summed E-state index contributed by atoms with van der Waals surface area (Å²) in [6, 6.07) is 7.97. The first kappa shape index (κ1) is 12.9. The van der Waals surface area contributed by atoms with Crippen LogP contribution < -0.4 is 11.1 Å². The highest BCUT2D eigenvalue weighted by atomic mass is 16.1. The molecule has 0 aromatic heterocycles. The zero-order valence-electron chi connectivity index (χ0n) is 11.1. The zero-order chi connectivity index (χ0) is 13.1. The summed E-state index contributed by atoms with van der Waals surface area (Å²) < 4.78 is 0. The minimum absolute atomic E-state index is 0.371. The van der Waals surface area contributed by atoms with E-state index in [1.54, 1.807) is 6.07 Å². The zero-order valence-corrected chi connectivity index (χ0v) is 11.1. The lowest BCUT2D eigenvalue weighted by Gasteiger charge is -2.32. The predicted octanol–water partition coefficient (Wildman–Crippen LogP) is 3.02. The number of nitrogens with one attached hydrogen (secondary N) is 1. The molecule has 1 amide bonds. The van der Waals surface area contributed by atoms with Crippen LogP contribution in [-0.4, -0.2) is 11.9 Å². The van der Waals surface area contributed by atoms with Gasteiger partial charge in [-0.15, -0.1) is 0 Å². The van der Waals surface area contributed by atoms with Crippen LogP contribution in [0.1, 0.15) is 43.5 Å². The van der Waals surface area contributed by atoms with E-state index < -0.39 is 0 Å². The molecular weight excluding hydrogens is 224 g/mol. The minimum atomic E-state index is -0.371. The third-order valence-electron chi connectivity index (χ3n) is 3.70. The van der Waals surface area contributed by atoms with Gasteiger partial charge in [0.1, 0.15) is 0 Å². The fourth-order valence-corrected chi connectivity index (χ4v) is 3.06. The Hall–Kier alpha value is -1.51. The number of nitrogens with two attached hydrogens (primary N) is 1. The number of carbonyl (C=O) groups is 1. The maximum Gasteiger partial charge on any atom is 0.248 e. The van der Waals surface area contributed by atoms with E-state index in [0.717, 1.165) is 17.5 Å². The molecule has 3 heteroatoms. The Morgan fingerprint density at radius 1 is 1.22 bits per heavy atom. The maximum atomic E-state index is 11.1. The van der Waals surface area contributed by atoms with Crippen LogP contribution in [0.4, 0.5) is 5.69 Å². The molecular formula is C15H22N2O. The van der Waals surface area contributed by atoms with Crippen molar-refractivity contribution in [3.8, 4) is 0 Å². The van der Waals surface area contributed by atoms with Gasteiger partial charge in [-0.3, -0.25) is 4.79 Å². The van der Waals surface area contributed by atoms with Gasteiger partial charge in [0, 0.05) is 17.3 Å². The van der Waals surface area contributed by atoms with E-state index in [9.17, 15) is 4.79 Å². The number of hydrogen-bond donors (Lipinski definition) is 2. The van der Waals surface area contributed by atoms with Gasteiger partial charge >= 0.3 is 0 Å². The molecule has 1 aliphatic rings. The number of amides is 1. The lowest BCUT2D eigenvalue weighted by Crippen LogP contribution is -2.30. The Bertz CT molecular complexity index is 420. The molecule has 2 atom stereocenters. The van der Waals surface area contributed by atoms with Gasteiger partial charge in [-0.25, -0.2) is 0 Å². The van der Waals surface area contributed by atoms with E-state index in [0.29, 0.717) is 11.6 Å². The van der Waals surface area contributed by atoms with Crippen LogP contribution in [0.3, 0.4) is 0 Å². The predicted molar refractivity (Wildman–Crippen MR) is 74.5 cm³/mol. The van der Waals surface area contributed by atoms with Gasteiger partial charge in [-0.1, -0.05) is 19.9 Å². The van der Waals surface area contributed by atoms with Gasteiger partial charge in [0.05, 0.1) is 0 Å². The molecule has 1 fully saturated rings. The van der Waals surface area contributed by atoms with Crippen molar-refractivity contribution in [2.75, 3.05) is 5.32 Å². The third kappa shape index (κ3) is 3.25. The number of anilines is 1. The fraction of sp³-hybridized carbons (Fsp3) is 0.533. The van der Waals surface area contributed by atoms with Gasteiger partial charge in [0.25, 0.3) is 0 Å². The SMILES string of the molecule is CC1CC(C)CC(Nc2cccc(C(N)=O)c2)C1. The topological polar surface area (TPSA) is 55.1 Å². The fourth-order valence-electron chi connectivity index (χ4n) is 3.06. The Labute approximate surface area is 109 Å². The molecule has 3 nitrogen and oxygen atoms in total. The monoisotopic (exact) mass is 246 g/mol. The van der Waals surface area contributed by atoms with Gasteiger partial charge in [0.15, 0.2) is 0 Å². The van der Waals surface area contributed by atoms with Crippen LogP contribution in [0.2, 0.25) is 0 Å². The Balaban J connectivity index is 2.04. The Kier molecular flexibility index (Phi) is 3.90. The molecule has 0 saturated heterocycles. The Morgan fingerprint density at radius 2 is 1.89 bits per heavy atom. The summed E-state index contributed by atoms with van der Waals surface area (Å²) in [5, 5.41) is 3.53. The second-order valence-corrected chi connectivity index (χ2v) is 5.70. The Morgan fingerprint density at radius 3 is 2.50 bits per heavy atom. The smallest absolute Gasteiger partial charge is 0.248 e. The summed E-state index contributed by atoms with van der Waals surface area (Å²) in [5.41, 5.74) is 6.86. The second-order valence-electron chi connectivity index (χ2n) is 5.70. The molecule has 1 aromatic rings. The molecule has 2 unspecified atom stereocenters. The van der Waals surface area contributed by atoms with Crippen LogP contribution in [0.5, 0.6) is 0 Å². The number of benzene rings is 1. The molecule has 1 saturated carbocycles. The van der Waals surface area contributed by atoms with Crippen LogP contribution in [-0.2, 0) is 0 Å². The van der Waals surface area contributed by atoms with Crippen LogP contribution in [0.25, 0.3) is 0 Å². The van der Waals surface area contributed by atoms with Crippen molar-refractivity contribution in [2.24, 2.45) is 17.6 Å². The summed E-state index contributed by atoms with van der Waals surface area (Å²) in [5.74, 6) is 1.17. The molecule has 0 aliphatic heterocycles. The second kappa shape index (κ2) is 5.42. The van der Waals surface area contributed by atoms with E-state index in [1.807, 2.05) is 18.2 Å². The average molecular weight is 246 g/mol. The maximum absolute atomic E-state index is 11.1. The van der Waals surface area contributed by atoms with Crippen LogP contribution in [0.15, 0.2) is 24.3 Å². The molecule has 1 aliphatic carbocycles. The average Bonchev–Trinajstić information content (AvgIpc) is 2.27. The summed E-state index contributed by atoms with van der Waals surface area (Å²) in [6.07, 6.45) is 3.72. The largest absolute Gasteiger partial charge is 0.382 e. The minimum Gasteiger partial charge on any atom is -0.382 e. The molecule has 0 radical (unpaired) electrons. The van der Waals surface area contributed by atoms with Gasteiger partial charge in [0.2, 0.25) is 5.91 Å². The van der Waals surface area contributed by atoms with Crippen molar-refractivity contribution >= 4 is 11.6 Å². The van der Waals surface area contributed by atoms with Crippen LogP contribution >= 0.6 is 0 Å². The standard InChI is InChI=1S/C15H22N2O/c1-10-6-11(2)8-14(7-10)17-13-5-3-4-12(9-13)15(16)18/h3-5,9-11,14,17H,6-8H2,1-2H3,(H2,16,18). The van der Waals surface area contributed by atoms with Crippen molar-refractivity contribution < 1.29 is 4.79 Å². The number of primary amides is 1. The molecule has 0 heterocycles. The van der Waals surface area contributed by atoms with Crippen molar-refractivity contribution in [3.05, 3.63) is 29.8 Å². The van der Waals surface area contributed by atoms with Crippen molar-refractivity contribution in [1.29, 1.82) is 0 Å². The van der Waals surface area contributed by atoms with Gasteiger partial charge in [-0.05, 0) is 49.3 Å². The first-order valence-electron chi connectivity index (χ1n) is 6.71. The number of hydrogen-bond acceptors (Lipinski definition) is 2. The lowest BCUT2D eigenvalue weighted by atomic mass is 9.80. The van der Waals surface area contributed by atoms with E-state index in [-0.39, 0.29) is 5.91 Å². The molecule has 0 spiro atoms. The molecule has 1 aromatic carbocycles. The summed E-state index contributed by atoms with van der Waals surface area (Å²) in [6.45, 7) is 4.62. The highest BCUT2D eigenvalue weighted by Crippen LogP contribution is 2.30. The molecule has 2 rings (SSSR count). The van der Waals surface area contributed by atoms with E-state index in [2.05, 4.69) is 19.2 Å². The third-order valence-corrected chi connectivity index (χ3v) is 3.70. The van der Waals surface area contributed by atoms with E-state index in [4.69, 9.17) is 5.73 Å². The number of carbonyl (C=O) groups excluding carboxylic acids is 1. The van der Waals surface area contributed by atoms with E-state index in [1.165, 1.54) is 19.3 Å². The molecule has 3 N–H and O–H groups in total.